The van der Waals surface area contributed by atoms with Crippen molar-refractivity contribution >= 4 is 30.6 Å². The standard InChI is InChI=1S/C37H52O6Si/c1-34(2,3)33(39)42-26-19-21-36(7,31-30-24-29(32(38)43-30)37(31,8)40)25(23-26)20-22-41-44(35(4,5)6,27-15-11-9-12-16-27)28-17-13-10-14-18-28/h9-18,25-26,29-31,40H,19-24H2,1-8H3/t25-,26-,29+,30+,31+,36-,37-/m1/s1. The van der Waals surface area contributed by atoms with Gasteiger partial charge in [0.2, 0.25) is 0 Å². The van der Waals surface area contributed by atoms with Gasteiger partial charge >= 0.3 is 11.9 Å². The summed E-state index contributed by atoms with van der Waals surface area (Å²) in [6.07, 6.45) is 3.03. The molecule has 2 bridgehead atoms. The molecule has 0 unspecified atom stereocenters. The molecule has 7 atom stereocenters. The summed E-state index contributed by atoms with van der Waals surface area (Å²) in [5, 5.41) is 14.2. The molecule has 5 rings (SSSR count). The largest absolute Gasteiger partial charge is 0.462 e. The van der Waals surface area contributed by atoms with Crippen molar-refractivity contribution in [2.24, 2.45) is 28.6 Å². The summed E-state index contributed by atoms with van der Waals surface area (Å²) in [4.78, 5) is 25.5. The van der Waals surface area contributed by atoms with E-state index in [4.69, 9.17) is 13.9 Å². The van der Waals surface area contributed by atoms with Gasteiger partial charge in [0.05, 0.1) is 16.9 Å². The maximum Gasteiger partial charge on any atom is 0.312 e. The van der Waals surface area contributed by atoms with Gasteiger partial charge in [-0.25, -0.2) is 0 Å². The van der Waals surface area contributed by atoms with Crippen molar-refractivity contribution in [2.75, 3.05) is 6.61 Å². The van der Waals surface area contributed by atoms with E-state index in [1.54, 1.807) is 0 Å². The Morgan fingerprint density at radius 2 is 1.52 bits per heavy atom. The molecule has 3 fully saturated rings. The van der Waals surface area contributed by atoms with Gasteiger partial charge < -0.3 is 19.0 Å². The van der Waals surface area contributed by atoms with Crippen molar-refractivity contribution in [3.05, 3.63) is 60.7 Å². The minimum absolute atomic E-state index is 0.0989. The van der Waals surface area contributed by atoms with Gasteiger partial charge in [-0.1, -0.05) is 88.4 Å². The minimum atomic E-state index is -2.73. The molecule has 1 saturated heterocycles. The fraction of sp³-hybridized carbons (Fsp3) is 0.622. The van der Waals surface area contributed by atoms with Gasteiger partial charge in [-0.2, -0.15) is 0 Å². The van der Waals surface area contributed by atoms with E-state index in [0.29, 0.717) is 19.4 Å². The molecule has 0 spiro atoms. The summed E-state index contributed by atoms with van der Waals surface area (Å²) in [5.41, 5.74) is -2.03. The Morgan fingerprint density at radius 3 is 2.00 bits per heavy atom. The topological polar surface area (TPSA) is 82.1 Å². The predicted molar refractivity (Wildman–Crippen MR) is 175 cm³/mol. The first-order valence-electron chi connectivity index (χ1n) is 16.4. The van der Waals surface area contributed by atoms with Crippen LogP contribution in [0.4, 0.5) is 0 Å². The van der Waals surface area contributed by atoms with E-state index < -0.39 is 25.3 Å². The Bertz CT molecular complexity index is 1290. The summed E-state index contributed by atoms with van der Waals surface area (Å²) in [6.45, 7) is 17.1. The second-order valence-corrected chi connectivity index (χ2v) is 20.3. The molecule has 0 amide bonds. The van der Waals surface area contributed by atoms with Crippen LogP contribution in [0.2, 0.25) is 5.04 Å². The number of carbonyl (C=O) groups excluding carboxylic acids is 2. The number of benzene rings is 2. The molecule has 1 heterocycles. The van der Waals surface area contributed by atoms with Gasteiger partial charge in [-0.15, -0.1) is 0 Å². The SMILES string of the molecule is CC(C)(C)C(=O)O[C@@H]1CC[C@@](C)([C@@H]2[C@@H]3C[C@@H](C(=O)O3)[C@@]2(C)O)[C@H](CCO[Si](c2ccccc2)(c2ccccc2)C(C)(C)C)C1. The van der Waals surface area contributed by atoms with Gasteiger partial charge in [0.1, 0.15) is 12.2 Å². The molecule has 240 valence electrons. The normalized spacial score (nSPS) is 32.4. The van der Waals surface area contributed by atoms with E-state index >= 15 is 0 Å². The third kappa shape index (κ3) is 5.69. The van der Waals surface area contributed by atoms with Crippen molar-refractivity contribution in [3.8, 4) is 0 Å². The summed E-state index contributed by atoms with van der Waals surface area (Å²) < 4.78 is 19.2. The first-order chi connectivity index (χ1) is 20.5. The number of aliphatic hydroxyl groups is 1. The van der Waals surface area contributed by atoms with Crippen LogP contribution >= 0.6 is 0 Å². The van der Waals surface area contributed by atoms with Crippen LogP contribution in [-0.4, -0.2) is 49.8 Å². The van der Waals surface area contributed by atoms with Crippen molar-refractivity contribution in [2.45, 2.75) is 110 Å². The zero-order valence-electron chi connectivity index (χ0n) is 27.9. The zero-order chi connectivity index (χ0) is 32.1. The zero-order valence-corrected chi connectivity index (χ0v) is 28.9. The van der Waals surface area contributed by atoms with Crippen LogP contribution in [-0.2, 0) is 23.5 Å². The molecule has 3 aliphatic rings. The summed E-state index contributed by atoms with van der Waals surface area (Å²) in [6, 6.07) is 21.3. The number of rotatable bonds is 8. The van der Waals surface area contributed by atoms with Crippen LogP contribution in [0, 0.1) is 28.6 Å². The van der Waals surface area contributed by atoms with Gasteiger partial charge in [0, 0.05) is 18.9 Å². The van der Waals surface area contributed by atoms with Crippen LogP contribution in [0.3, 0.4) is 0 Å². The van der Waals surface area contributed by atoms with E-state index in [0.717, 1.165) is 19.3 Å². The maximum absolute atomic E-state index is 12.9. The molecule has 2 aromatic carbocycles. The predicted octanol–water partition coefficient (Wildman–Crippen LogP) is 6.03. The Morgan fingerprint density at radius 1 is 0.955 bits per heavy atom. The molecular weight excluding hydrogens is 568 g/mol. The lowest BCUT2D eigenvalue weighted by molar-refractivity contribution is -0.196. The quantitative estimate of drug-likeness (QED) is 0.287. The average molecular weight is 621 g/mol. The molecule has 0 radical (unpaired) electrons. The average Bonchev–Trinajstić information content (AvgIpc) is 3.46. The number of carbonyl (C=O) groups is 2. The van der Waals surface area contributed by atoms with E-state index in [2.05, 4.69) is 88.4 Å². The molecule has 2 aromatic rings. The van der Waals surface area contributed by atoms with Crippen molar-refractivity contribution in [1.29, 1.82) is 0 Å². The Hall–Kier alpha value is -2.48. The van der Waals surface area contributed by atoms with E-state index in [9.17, 15) is 14.7 Å². The van der Waals surface area contributed by atoms with Crippen LogP contribution in [0.15, 0.2) is 60.7 Å². The minimum Gasteiger partial charge on any atom is -0.462 e. The monoisotopic (exact) mass is 620 g/mol. The van der Waals surface area contributed by atoms with Crippen molar-refractivity contribution < 1.29 is 28.6 Å². The van der Waals surface area contributed by atoms with Crippen LogP contribution in [0.1, 0.15) is 87.5 Å². The highest BCUT2D eigenvalue weighted by Gasteiger charge is 2.67. The molecule has 0 aromatic heterocycles. The highest BCUT2D eigenvalue weighted by atomic mass is 28.4. The highest BCUT2D eigenvalue weighted by Crippen LogP contribution is 2.61. The smallest absolute Gasteiger partial charge is 0.312 e. The molecule has 6 nitrogen and oxygen atoms in total. The number of hydrogen-bond acceptors (Lipinski definition) is 6. The fourth-order valence-electron chi connectivity index (χ4n) is 8.76. The summed E-state index contributed by atoms with van der Waals surface area (Å²) in [5.74, 6) is -1.04. The molecule has 1 N–H and O–H groups in total. The third-order valence-electron chi connectivity index (χ3n) is 11.0. The van der Waals surface area contributed by atoms with Gasteiger partial charge in [-0.3, -0.25) is 9.59 Å². The lowest BCUT2D eigenvalue weighted by atomic mass is 9.55. The number of esters is 2. The number of fused-ring (bicyclic) bond motifs is 2. The van der Waals surface area contributed by atoms with Gasteiger partial charge in [0.25, 0.3) is 8.32 Å². The van der Waals surface area contributed by atoms with E-state index in [1.807, 2.05) is 27.7 Å². The van der Waals surface area contributed by atoms with Gasteiger partial charge in [-0.05, 0) is 80.1 Å². The van der Waals surface area contributed by atoms with E-state index in [-0.39, 0.29) is 46.4 Å². The number of ether oxygens (including phenoxy) is 2. The Balaban J connectivity index is 1.47. The second kappa shape index (κ2) is 11.7. The molecular formula is C37H52O6Si. The maximum atomic E-state index is 12.9. The Kier molecular flexibility index (Phi) is 8.75. The lowest BCUT2D eigenvalue weighted by Crippen LogP contribution is -2.66. The fourth-order valence-corrected chi connectivity index (χ4v) is 13.3. The highest BCUT2D eigenvalue weighted by molar-refractivity contribution is 6.99. The molecule has 2 aliphatic carbocycles. The number of hydrogen-bond donors (Lipinski definition) is 1. The van der Waals surface area contributed by atoms with Crippen molar-refractivity contribution in [1.82, 2.24) is 0 Å². The summed E-state index contributed by atoms with van der Waals surface area (Å²) in [7, 11) is -2.73. The first-order valence-corrected chi connectivity index (χ1v) is 18.3. The van der Waals surface area contributed by atoms with E-state index in [1.165, 1.54) is 10.4 Å². The lowest BCUT2D eigenvalue weighted by Gasteiger charge is -2.54. The summed E-state index contributed by atoms with van der Waals surface area (Å²) >= 11 is 0. The van der Waals surface area contributed by atoms with Gasteiger partial charge in [0.15, 0.2) is 0 Å². The Labute approximate surface area is 265 Å². The second-order valence-electron chi connectivity index (χ2n) is 16.0. The van der Waals surface area contributed by atoms with Crippen molar-refractivity contribution in [3.63, 3.8) is 0 Å². The van der Waals surface area contributed by atoms with Crippen LogP contribution < -0.4 is 10.4 Å². The molecule has 44 heavy (non-hydrogen) atoms. The molecule has 7 heteroatoms. The molecule has 1 aliphatic heterocycles. The third-order valence-corrected chi connectivity index (χ3v) is 16.1. The van der Waals surface area contributed by atoms with Crippen LogP contribution in [0.25, 0.3) is 0 Å². The molecule has 2 saturated carbocycles. The first kappa shape index (κ1) is 32.9. The van der Waals surface area contributed by atoms with Crippen LogP contribution in [0.5, 0.6) is 0 Å².